The van der Waals surface area contributed by atoms with E-state index >= 15 is 0 Å². The topological polar surface area (TPSA) is 763 Å². The Balaban J connectivity index is 3.91. The third-order valence-electron chi connectivity index (χ3n) is 15.0. The van der Waals surface area contributed by atoms with Crippen LogP contribution in [0.1, 0.15) is 135 Å². The van der Waals surface area contributed by atoms with Crippen molar-refractivity contribution in [3.8, 4) is 0 Å². The molecule has 10 atom stereocenters. The van der Waals surface area contributed by atoms with Crippen molar-refractivity contribution < 1.29 is 62.6 Å². The highest BCUT2D eigenvalue weighted by atomic mass is 16.4. The van der Waals surface area contributed by atoms with Crippen molar-refractivity contribution in [1.29, 1.82) is 0 Å². The zero-order valence-corrected chi connectivity index (χ0v) is 56.4. The molecule has 11 amide bonds. The Kier molecular flexibility index (Phi) is 42.6. The average molecular weight is 1410 g/mol. The fourth-order valence-electron chi connectivity index (χ4n) is 9.96. The van der Waals surface area contributed by atoms with Crippen molar-refractivity contribution in [3.63, 3.8) is 0 Å². The maximum absolute atomic E-state index is 14.8. The number of carboxylic acid groups (broad SMARTS) is 1. The largest absolute Gasteiger partial charge is 0.481 e. The Hall–Kier alpha value is -10.1. The molecule has 38 N–H and O–H groups in total. The molecule has 0 bridgehead atoms. The van der Waals surface area contributed by atoms with Gasteiger partial charge in [0.2, 0.25) is 65.0 Å². The van der Waals surface area contributed by atoms with Crippen LogP contribution in [0.3, 0.4) is 0 Å². The first-order chi connectivity index (χ1) is 46.8. The van der Waals surface area contributed by atoms with Crippen LogP contribution < -0.4 is 128 Å². The molecule has 1 aliphatic rings. The summed E-state index contributed by atoms with van der Waals surface area (Å²) in [6.45, 7) is 1.35. The highest BCUT2D eigenvalue weighted by Gasteiger charge is 2.39. The van der Waals surface area contributed by atoms with Gasteiger partial charge in [-0.1, -0.05) is 0 Å². The molecule has 560 valence electrons. The number of carboxylic acids is 1. The molecule has 0 aromatic carbocycles. The van der Waals surface area contributed by atoms with Crippen molar-refractivity contribution in [2.75, 3.05) is 58.9 Å². The lowest BCUT2D eigenvalue weighted by Gasteiger charge is -2.29. The molecule has 0 aromatic heterocycles. The number of nitrogens with zero attached hydrogens (tertiary/aromatic N) is 6. The Labute approximate surface area is 574 Å². The van der Waals surface area contributed by atoms with Gasteiger partial charge in [-0.3, -0.25) is 82.5 Å². The van der Waals surface area contributed by atoms with E-state index in [1.165, 1.54) is 11.8 Å². The van der Waals surface area contributed by atoms with Crippen molar-refractivity contribution in [2.45, 2.75) is 196 Å². The number of aliphatic imine (C=N–C) groups is 5. The number of guanidine groups is 5. The second-order valence-corrected chi connectivity index (χ2v) is 23.4. The fraction of sp³-hybridized carbons (Fsp3) is 0.702. The molecule has 1 heterocycles. The zero-order valence-electron chi connectivity index (χ0n) is 56.4. The van der Waals surface area contributed by atoms with Gasteiger partial charge >= 0.3 is 5.97 Å². The molecule has 0 unspecified atom stereocenters. The minimum Gasteiger partial charge on any atom is -0.481 e. The monoisotopic (exact) mass is 1410 g/mol. The summed E-state index contributed by atoms with van der Waals surface area (Å²) in [5, 5.41) is 33.0. The Morgan fingerprint density at radius 1 is 0.404 bits per heavy atom. The van der Waals surface area contributed by atoms with Crippen molar-refractivity contribution in [2.24, 2.45) is 105 Å². The smallest absolute Gasteiger partial charge is 0.303 e. The Morgan fingerprint density at radius 2 is 0.677 bits per heavy atom. The molecule has 42 heteroatoms. The van der Waals surface area contributed by atoms with Gasteiger partial charge in [-0.05, 0) is 142 Å². The summed E-state index contributed by atoms with van der Waals surface area (Å²) in [7, 11) is 0. The summed E-state index contributed by atoms with van der Waals surface area (Å²) in [6.07, 6.45) is 0.186. The van der Waals surface area contributed by atoms with Crippen molar-refractivity contribution in [1.82, 2.24) is 52.8 Å². The van der Waals surface area contributed by atoms with E-state index in [-0.39, 0.29) is 172 Å². The van der Waals surface area contributed by atoms with Gasteiger partial charge < -0.3 is 138 Å². The molecule has 0 saturated carbocycles. The third kappa shape index (κ3) is 37.8. The number of rotatable bonds is 51. The number of unbranched alkanes of at least 4 members (excludes halogenated alkanes) is 2. The van der Waals surface area contributed by atoms with Crippen LogP contribution in [0, 0.1) is 0 Å². The summed E-state index contributed by atoms with van der Waals surface area (Å²) in [4.78, 5) is 186. The van der Waals surface area contributed by atoms with Gasteiger partial charge in [-0.25, -0.2) is 0 Å². The average Bonchev–Trinajstić information content (AvgIpc) is 1.77. The predicted molar refractivity (Wildman–Crippen MR) is 368 cm³/mol. The van der Waals surface area contributed by atoms with Gasteiger partial charge in [0.1, 0.15) is 54.4 Å². The number of hydrogen-bond donors (Lipinski definition) is 24. The van der Waals surface area contributed by atoms with Gasteiger partial charge in [0.05, 0.1) is 12.6 Å². The number of carbonyl (C=O) groups is 12. The molecule has 0 radical (unpaired) electrons. The Morgan fingerprint density at radius 3 is 0.939 bits per heavy atom. The highest BCUT2D eigenvalue weighted by Crippen LogP contribution is 2.19. The van der Waals surface area contributed by atoms with E-state index in [2.05, 4.69) is 72.8 Å². The van der Waals surface area contributed by atoms with Crippen LogP contribution in [0.15, 0.2) is 25.0 Å². The van der Waals surface area contributed by atoms with Gasteiger partial charge in [-0.2, -0.15) is 0 Å². The normalized spacial score (nSPS) is 15.1. The molecule has 1 fully saturated rings. The molecular weight excluding hydrogens is 1300 g/mol. The molecule has 0 aromatic rings. The van der Waals surface area contributed by atoms with Crippen LogP contribution in [0.5, 0.6) is 0 Å². The standard InChI is InChI=1S/C57H109N29O13/c1-31(60)52(99)86-29-11-19-40(86)51(98)85-38(18-10-28-76-57(70)71)49(96)84-39(20-21-42(88)89)50(97)83-37(17-9-27-75-56(68)69)48(95)82-36(16-8-26-74-55(66)67)47(94)81-35(15-7-25-73-54(64)65)46(93)80-34(13-3-5-23-59)45(92)79-33(12-2-4-22-58)44(91)78-32(14-6-24-72-53(62)63)43(90)77-30-41(61)87/h31-40H,2-30,58-60H2,1H3,(H2,61,87)(H,77,90)(H,78,91)(H,79,92)(H,80,93)(H,81,94)(H,82,95)(H,83,97)(H,84,96)(H,85,98)(H,88,89)(H4,62,63,72)(H4,64,65,73)(H4,66,67,74)(H4,68,69,75)(H4,70,71,76)/t31-,32+,33+,34+,35+,36+,37+,38+,39+,40+/m1/s1. The lowest BCUT2D eigenvalue weighted by Crippen LogP contribution is -2.60. The summed E-state index contributed by atoms with van der Waals surface area (Å²) >= 11 is 0. The predicted octanol–water partition coefficient (Wildman–Crippen LogP) is -10.8. The van der Waals surface area contributed by atoms with Gasteiger partial charge in [0.25, 0.3) is 0 Å². The molecule has 42 nitrogen and oxygen atoms in total. The van der Waals surface area contributed by atoms with Crippen LogP contribution in [0.2, 0.25) is 0 Å². The second-order valence-electron chi connectivity index (χ2n) is 23.4. The van der Waals surface area contributed by atoms with E-state index in [0.29, 0.717) is 25.7 Å². The van der Waals surface area contributed by atoms with E-state index in [1.54, 1.807) is 0 Å². The summed E-state index contributed by atoms with van der Waals surface area (Å²) in [5.41, 5.74) is 78.1. The first-order valence-electron chi connectivity index (χ1n) is 32.8. The third-order valence-corrected chi connectivity index (χ3v) is 15.0. The number of nitrogens with one attached hydrogen (secondary N) is 9. The number of nitrogens with two attached hydrogens (primary N) is 14. The number of hydrogen-bond acceptors (Lipinski definition) is 20. The minimum absolute atomic E-state index is 0.00246. The van der Waals surface area contributed by atoms with Gasteiger partial charge in [-0.15, -0.1) is 0 Å². The minimum atomic E-state index is -1.71. The summed E-state index contributed by atoms with van der Waals surface area (Å²) in [6, 6.07) is -13.8. The van der Waals surface area contributed by atoms with E-state index < -0.39 is 151 Å². The second kappa shape index (κ2) is 48.5. The number of carbonyl (C=O) groups excluding carboxylic acids is 11. The zero-order chi connectivity index (χ0) is 74.6. The first-order valence-corrected chi connectivity index (χ1v) is 32.8. The highest BCUT2D eigenvalue weighted by molar-refractivity contribution is 5.99. The van der Waals surface area contributed by atoms with Crippen LogP contribution in [0.25, 0.3) is 0 Å². The van der Waals surface area contributed by atoms with E-state index in [1.807, 2.05) is 0 Å². The number of primary amides is 1. The molecule has 1 aliphatic heterocycles. The number of amides is 11. The number of aliphatic carboxylic acids is 1. The van der Waals surface area contributed by atoms with Gasteiger partial charge in [0, 0.05) is 45.7 Å². The molecule has 1 rings (SSSR count). The van der Waals surface area contributed by atoms with Gasteiger partial charge in [0.15, 0.2) is 29.8 Å². The molecule has 1 saturated heterocycles. The summed E-state index contributed by atoms with van der Waals surface area (Å²) < 4.78 is 0. The fourth-order valence-corrected chi connectivity index (χ4v) is 9.96. The SMILES string of the molecule is C[C@@H](N)C(=O)N1CCC[C@H]1C(=O)N[C@@H](CCCN=C(N)N)C(=O)N[C@@H](CCC(=O)O)C(=O)N[C@@H](CCCN=C(N)N)C(=O)N[C@@H](CCCN=C(N)N)C(=O)N[C@@H](CCCN=C(N)N)C(=O)N[C@@H](CCCCN)C(=O)N[C@@H](CCCCN)C(=O)N[C@@H](CCCN=C(N)N)C(=O)NCC(N)=O. The summed E-state index contributed by atoms with van der Waals surface area (Å²) in [5.74, 6) is -12.3. The van der Waals surface area contributed by atoms with E-state index in [9.17, 15) is 62.6 Å². The first kappa shape index (κ1) is 86.9. The maximum atomic E-state index is 14.8. The molecule has 0 spiro atoms. The van der Waals surface area contributed by atoms with Crippen LogP contribution in [0.4, 0.5) is 0 Å². The molecule has 0 aliphatic carbocycles. The maximum Gasteiger partial charge on any atom is 0.303 e. The number of likely N-dealkylation sites (tertiary alicyclic amines) is 1. The van der Waals surface area contributed by atoms with Crippen molar-refractivity contribution in [3.05, 3.63) is 0 Å². The lowest BCUT2D eigenvalue weighted by atomic mass is 10.0. The quantitative estimate of drug-likeness (QED) is 0.0153. The van der Waals surface area contributed by atoms with Crippen LogP contribution >= 0.6 is 0 Å². The molecular formula is C57H109N29O13. The lowest BCUT2D eigenvalue weighted by molar-refractivity contribution is -0.140. The molecule has 99 heavy (non-hydrogen) atoms. The van der Waals surface area contributed by atoms with E-state index in [0.717, 1.165) is 0 Å². The Bertz CT molecular complexity index is 2790. The van der Waals surface area contributed by atoms with Crippen LogP contribution in [-0.4, -0.2) is 230 Å². The van der Waals surface area contributed by atoms with Crippen molar-refractivity contribution >= 4 is 101 Å². The van der Waals surface area contributed by atoms with Crippen LogP contribution in [-0.2, 0) is 57.5 Å². The van der Waals surface area contributed by atoms with E-state index in [4.69, 9.17) is 80.3 Å².